The van der Waals surface area contributed by atoms with Crippen molar-refractivity contribution in [1.82, 2.24) is 30.4 Å². The van der Waals surface area contributed by atoms with Gasteiger partial charge in [0, 0.05) is 19.0 Å². The van der Waals surface area contributed by atoms with Crippen LogP contribution in [0.1, 0.15) is 23.4 Å². The first kappa shape index (κ1) is 20.6. The molecule has 0 unspecified atom stereocenters. The van der Waals surface area contributed by atoms with Gasteiger partial charge in [-0.1, -0.05) is 0 Å². The first-order chi connectivity index (χ1) is 10.9. The number of halogens is 4. The van der Waals surface area contributed by atoms with Crippen LogP contribution < -0.4 is 10.6 Å². The Morgan fingerprint density at radius 3 is 2.67 bits per heavy atom. The van der Waals surface area contributed by atoms with Crippen LogP contribution in [0.25, 0.3) is 0 Å². The lowest BCUT2D eigenvalue weighted by Crippen LogP contribution is -2.36. The van der Waals surface area contributed by atoms with Gasteiger partial charge in [0.2, 0.25) is 0 Å². The maximum atomic E-state index is 12.5. The van der Waals surface area contributed by atoms with E-state index in [2.05, 4.69) is 30.7 Å². The lowest BCUT2D eigenvalue weighted by atomic mass is 10.5. The van der Waals surface area contributed by atoms with Gasteiger partial charge in [-0.05, 0) is 6.92 Å². The van der Waals surface area contributed by atoms with Gasteiger partial charge in [0.1, 0.15) is 23.7 Å². The monoisotopic (exact) mass is 475 g/mol. The summed E-state index contributed by atoms with van der Waals surface area (Å²) >= 11 is 0.952. The second-order valence-corrected chi connectivity index (χ2v) is 5.42. The number of thiazole rings is 1. The first-order valence-electron chi connectivity index (χ1n) is 6.76. The van der Waals surface area contributed by atoms with Crippen molar-refractivity contribution in [2.24, 2.45) is 12.0 Å². The number of aromatic nitrogens is 4. The Morgan fingerprint density at radius 2 is 2.12 bits per heavy atom. The Kier molecular flexibility index (Phi) is 7.86. The SMILES string of the molecule is CCNC(=NCc1ncnn1C)NCc1nc(C(F)(F)F)cs1.I. The molecule has 0 atom stereocenters. The van der Waals surface area contributed by atoms with Crippen molar-refractivity contribution in [3.63, 3.8) is 0 Å². The van der Waals surface area contributed by atoms with Gasteiger partial charge in [0.25, 0.3) is 0 Å². The lowest BCUT2D eigenvalue weighted by molar-refractivity contribution is -0.140. The summed E-state index contributed by atoms with van der Waals surface area (Å²) in [5.41, 5.74) is -0.875. The Hall–Kier alpha value is -1.44. The smallest absolute Gasteiger partial charge is 0.357 e. The summed E-state index contributed by atoms with van der Waals surface area (Å²) in [4.78, 5) is 11.9. The number of aliphatic imine (C=N–C) groups is 1. The van der Waals surface area contributed by atoms with Gasteiger partial charge < -0.3 is 10.6 Å². The van der Waals surface area contributed by atoms with Gasteiger partial charge in [0.15, 0.2) is 11.7 Å². The van der Waals surface area contributed by atoms with Crippen molar-refractivity contribution in [1.29, 1.82) is 0 Å². The Labute approximate surface area is 157 Å². The van der Waals surface area contributed by atoms with E-state index in [1.54, 1.807) is 11.7 Å². The average molecular weight is 475 g/mol. The summed E-state index contributed by atoms with van der Waals surface area (Å²) in [6, 6.07) is 0. The highest BCUT2D eigenvalue weighted by atomic mass is 127. The third kappa shape index (κ3) is 5.89. The molecule has 0 saturated carbocycles. The Bertz CT molecular complexity index is 668. The molecular weight excluding hydrogens is 458 g/mol. The van der Waals surface area contributed by atoms with E-state index in [1.807, 2.05) is 6.92 Å². The molecule has 12 heteroatoms. The van der Waals surface area contributed by atoms with Gasteiger partial charge >= 0.3 is 6.18 Å². The van der Waals surface area contributed by atoms with Crippen molar-refractivity contribution < 1.29 is 13.2 Å². The molecule has 0 bridgehead atoms. The zero-order chi connectivity index (χ0) is 16.9. The van der Waals surface area contributed by atoms with E-state index in [-0.39, 0.29) is 30.5 Å². The molecule has 0 aliphatic heterocycles. The van der Waals surface area contributed by atoms with E-state index in [9.17, 15) is 13.2 Å². The Morgan fingerprint density at radius 1 is 1.38 bits per heavy atom. The molecule has 2 aromatic rings. The molecule has 0 fully saturated rings. The molecule has 0 aromatic carbocycles. The number of alkyl halides is 3. The maximum Gasteiger partial charge on any atom is 0.434 e. The predicted molar refractivity (Wildman–Crippen MR) is 95.2 cm³/mol. The van der Waals surface area contributed by atoms with Crippen LogP contribution >= 0.6 is 35.3 Å². The number of hydrogen-bond donors (Lipinski definition) is 2. The molecule has 0 aliphatic carbocycles. The fourth-order valence-electron chi connectivity index (χ4n) is 1.64. The second-order valence-electron chi connectivity index (χ2n) is 4.47. The number of aryl methyl sites for hydroxylation is 1. The van der Waals surface area contributed by atoms with Crippen molar-refractivity contribution in [3.8, 4) is 0 Å². The summed E-state index contributed by atoms with van der Waals surface area (Å²) in [6.45, 7) is 2.98. The molecule has 2 N–H and O–H groups in total. The third-order valence-electron chi connectivity index (χ3n) is 2.78. The van der Waals surface area contributed by atoms with Crippen molar-refractivity contribution in [3.05, 3.63) is 28.2 Å². The van der Waals surface area contributed by atoms with Gasteiger partial charge in [-0.15, -0.1) is 35.3 Å². The fraction of sp³-hybridized carbons (Fsp3) is 0.500. The largest absolute Gasteiger partial charge is 0.434 e. The van der Waals surface area contributed by atoms with Crippen LogP contribution in [0.4, 0.5) is 13.2 Å². The minimum atomic E-state index is -4.42. The average Bonchev–Trinajstić information content (AvgIpc) is 3.10. The number of nitrogens with zero attached hydrogens (tertiary/aromatic N) is 5. The molecule has 0 amide bonds. The summed E-state index contributed by atoms with van der Waals surface area (Å²) in [6.07, 6.45) is -2.99. The van der Waals surface area contributed by atoms with E-state index in [0.717, 1.165) is 16.7 Å². The minimum Gasteiger partial charge on any atom is -0.357 e. The molecule has 0 saturated heterocycles. The van der Waals surface area contributed by atoms with Gasteiger partial charge in [-0.25, -0.2) is 15.0 Å². The summed E-state index contributed by atoms with van der Waals surface area (Å²) in [5.74, 6) is 1.15. The van der Waals surface area contributed by atoms with Crippen molar-refractivity contribution >= 4 is 41.3 Å². The lowest BCUT2D eigenvalue weighted by Gasteiger charge is -2.09. The van der Waals surface area contributed by atoms with Gasteiger partial charge in [-0.2, -0.15) is 18.3 Å². The van der Waals surface area contributed by atoms with E-state index >= 15 is 0 Å². The molecule has 7 nitrogen and oxygen atoms in total. The molecule has 134 valence electrons. The summed E-state index contributed by atoms with van der Waals surface area (Å²) in [7, 11) is 1.76. The number of hydrogen-bond acceptors (Lipinski definition) is 5. The van der Waals surface area contributed by atoms with E-state index in [1.165, 1.54) is 6.33 Å². The maximum absolute atomic E-state index is 12.5. The van der Waals surface area contributed by atoms with Crippen LogP contribution in [-0.4, -0.2) is 32.3 Å². The fourth-order valence-corrected chi connectivity index (χ4v) is 2.38. The van der Waals surface area contributed by atoms with E-state index in [0.29, 0.717) is 29.9 Å². The summed E-state index contributed by atoms with van der Waals surface area (Å²) in [5, 5.41) is 11.2. The highest BCUT2D eigenvalue weighted by Crippen LogP contribution is 2.29. The molecular formula is C12H17F3IN7S. The number of nitrogens with one attached hydrogen (secondary N) is 2. The van der Waals surface area contributed by atoms with E-state index < -0.39 is 11.9 Å². The second kappa shape index (κ2) is 9.15. The zero-order valence-corrected chi connectivity index (χ0v) is 16.1. The topological polar surface area (TPSA) is 80.0 Å². The summed E-state index contributed by atoms with van der Waals surface area (Å²) < 4.78 is 39.1. The number of guanidine groups is 1. The quantitative estimate of drug-likeness (QED) is 0.394. The van der Waals surface area contributed by atoms with E-state index in [4.69, 9.17) is 0 Å². The molecule has 2 rings (SSSR count). The molecule has 0 spiro atoms. The minimum absolute atomic E-state index is 0. The van der Waals surface area contributed by atoms with Crippen LogP contribution in [0, 0.1) is 0 Å². The molecule has 0 radical (unpaired) electrons. The highest BCUT2D eigenvalue weighted by Gasteiger charge is 2.33. The molecule has 24 heavy (non-hydrogen) atoms. The van der Waals surface area contributed by atoms with Crippen molar-refractivity contribution in [2.75, 3.05) is 6.54 Å². The number of rotatable bonds is 5. The van der Waals surface area contributed by atoms with Crippen LogP contribution in [0.2, 0.25) is 0 Å². The third-order valence-corrected chi connectivity index (χ3v) is 3.63. The standard InChI is InChI=1S/C12H16F3N7S.HI/c1-3-16-11(17-4-9-19-7-20-22(9)2)18-5-10-21-8(6-23-10)12(13,14)15;/h6-7H,3-5H2,1-2H3,(H2,16,17,18);1H. The highest BCUT2D eigenvalue weighted by molar-refractivity contribution is 14.0. The van der Waals surface area contributed by atoms with Crippen LogP contribution in [0.15, 0.2) is 16.7 Å². The van der Waals surface area contributed by atoms with Crippen molar-refractivity contribution in [2.45, 2.75) is 26.2 Å². The van der Waals surface area contributed by atoms with Crippen LogP contribution in [0.3, 0.4) is 0 Å². The molecule has 2 heterocycles. The Balaban J connectivity index is 0.00000288. The molecule has 2 aromatic heterocycles. The van der Waals surface area contributed by atoms with Gasteiger partial charge in [-0.3, -0.25) is 4.68 Å². The predicted octanol–water partition coefficient (Wildman–Crippen LogP) is 2.16. The zero-order valence-electron chi connectivity index (χ0n) is 13.0. The first-order valence-corrected chi connectivity index (χ1v) is 7.64. The van der Waals surface area contributed by atoms with Gasteiger partial charge in [0.05, 0.1) is 6.54 Å². The van der Waals surface area contributed by atoms with Crippen LogP contribution in [0.5, 0.6) is 0 Å². The van der Waals surface area contributed by atoms with Crippen LogP contribution in [-0.2, 0) is 26.3 Å². The normalized spacial score (nSPS) is 12.0. The molecule has 0 aliphatic rings.